The van der Waals surface area contributed by atoms with Crippen LogP contribution in [0.5, 0.6) is 5.75 Å². The van der Waals surface area contributed by atoms with E-state index in [1.807, 2.05) is 61.5 Å². The van der Waals surface area contributed by atoms with Crippen LogP contribution < -0.4 is 10.1 Å². The molecular formula is C36H40N4O5. The van der Waals surface area contributed by atoms with E-state index in [0.717, 1.165) is 49.8 Å². The molecule has 1 saturated heterocycles. The summed E-state index contributed by atoms with van der Waals surface area (Å²) in [7, 11) is 0. The predicted molar refractivity (Wildman–Crippen MR) is 172 cm³/mol. The number of ether oxygens (including phenoxy) is 2. The Morgan fingerprint density at radius 1 is 1.04 bits per heavy atom. The molecule has 2 aromatic carbocycles. The first-order valence-electron chi connectivity index (χ1n) is 15.6. The van der Waals surface area contributed by atoms with Gasteiger partial charge in [0.1, 0.15) is 25.3 Å². The lowest BCUT2D eigenvalue weighted by molar-refractivity contribution is -0.141. The van der Waals surface area contributed by atoms with E-state index in [9.17, 15) is 14.4 Å². The number of rotatable bonds is 12. The van der Waals surface area contributed by atoms with Crippen LogP contribution in [-0.4, -0.2) is 65.3 Å². The SMILES string of the molecule is CCOC(=O)CNC(=O)c1nc(CC2CCN(C3C=CC(c4ccc(C=O)cc4)=CC3)CC2)nc(C)c1OCc1ccccc1. The molecule has 0 saturated carbocycles. The Labute approximate surface area is 264 Å². The summed E-state index contributed by atoms with van der Waals surface area (Å²) in [5, 5.41) is 2.63. The minimum Gasteiger partial charge on any atom is -0.485 e. The van der Waals surface area contributed by atoms with Gasteiger partial charge in [-0.05, 0) is 68.8 Å². The highest BCUT2D eigenvalue weighted by Gasteiger charge is 2.27. The number of hydrogen-bond acceptors (Lipinski definition) is 8. The monoisotopic (exact) mass is 608 g/mol. The third kappa shape index (κ3) is 8.51. The van der Waals surface area contributed by atoms with Crippen molar-refractivity contribution in [2.75, 3.05) is 26.2 Å². The molecular weight excluding hydrogens is 568 g/mol. The summed E-state index contributed by atoms with van der Waals surface area (Å²) in [6.45, 7) is 5.74. The van der Waals surface area contributed by atoms with Crippen molar-refractivity contribution in [3.05, 3.63) is 107 Å². The number of likely N-dealkylation sites (tertiary alicyclic amines) is 1. The van der Waals surface area contributed by atoms with Crippen LogP contribution >= 0.6 is 0 Å². The summed E-state index contributed by atoms with van der Waals surface area (Å²) >= 11 is 0. The van der Waals surface area contributed by atoms with Crippen LogP contribution in [-0.2, 0) is 22.6 Å². The normalized spacial score (nSPS) is 16.9. The maximum Gasteiger partial charge on any atom is 0.325 e. The van der Waals surface area contributed by atoms with Crippen molar-refractivity contribution < 1.29 is 23.9 Å². The number of amides is 1. The summed E-state index contributed by atoms with van der Waals surface area (Å²) in [4.78, 5) is 48.0. The van der Waals surface area contributed by atoms with Crippen molar-refractivity contribution in [2.24, 2.45) is 5.92 Å². The van der Waals surface area contributed by atoms with Gasteiger partial charge in [0, 0.05) is 18.0 Å². The second kappa shape index (κ2) is 15.4. The van der Waals surface area contributed by atoms with Crippen LogP contribution in [0.2, 0.25) is 0 Å². The number of carbonyl (C=O) groups excluding carboxylic acids is 3. The summed E-state index contributed by atoms with van der Waals surface area (Å²) in [6, 6.07) is 17.7. The lowest BCUT2D eigenvalue weighted by Gasteiger charge is -2.37. The zero-order valence-corrected chi connectivity index (χ0v) is 25.9. The van der Waals surface area contributed by atoms with Crippen molar-refractivity contribution >= 4 is 23.7 Å². The van der Waals surface area contributed by atoms with Gasteiger partial charge in [-0.25, -0.2) is 9.97 Å². The molecule has 3 aromatic rings. The molecule has 5 rings (SSSR count). The quantitative estimate of drug-likeness (QED) is 0.223. The largest absolute Gasteiger partial charge is 0.485 e. The van der Waals surface area contributed by atoms with Gasteiger partial charge in [-0.3, -0.25) is 19.3 Å². The Balaban J connectivity index is 1.21. The predicted octanol–water partition coefficient (Wildman–Crippen LogP) is 5.14. The number of nitrogens with zero attached hydrogens (tertiary/aromatic N) is 3. The van der Waals surface area contributed by atoms with Crippen LogP contribution in [0.4, 0.5) is 0 Å². The highest BCUT2D eigenvalue weighted by molar-refractivity contribution is 5.96. The minimum atomic E-state index is -0.511. The van der Waals surface area contributed by atoms with E-state index in [4.69, 9.17) is 14.5 Å². The fraction of sp³-hybridized carbons (Fsp3) is 0.361. The molecule has 0 spiro atoms. The van der Waals surface area contributed by atoms with Crippen molar-refractivity contribution in [2.45, 2.75) is 52.2 Å². The molecule has 0 bridgehead atoms. The Bertz CT molecular complexity index is 1540. The van der Waals surface area contributed by atoms with E-state index < -0.39 is 11.9 Å². The lowest BCUT2D eigenvalue weighted by Crippen LogP contribution is -2.41. The molecule has 1 unspecified atom stereocenters. The molecule has 2 aliphatic rings. The average molecular weight is 609 g/mol. The van der Waals surface area contributed by atoms with Gasteiger partial charge >= 0.3 is 5.97 Å². The second-order valence-corrected chi connectivity index (χ2v) is 11.4. The third-order valence-corrected chi connectivity index (χ3v) is 8.27. The van der Waals surface area contributed by atoms with Crippen molar-refractivity contribution in [1.82, 2.24) is 20.2 Å². The molecule has 1 aliphatic heterocycles. The van der Waals surface area contributed by atoms with E-state index >= 15 is 0 Å². The molecule has 0 radical (unpaired) electrons. The van der Waals surface area contributed by atoms with Gasteiger partial charge < -0.3 is 14.8 Å². The van der Waals surface area contributed by atoms with Gasteiger partial charge in [-0.15, -0.1) is 0 Å². The van der Waals surface area contributed by atoms with E-state index in [2.05, 4.69) is 33.4 Å². The molecule has 1 aromatic heterocycles. The van der Waals surface area contributed by atoms with Gasteiger partial charge in [0.05, 0.1) is 12.3 Å². The number of carbonyl (C=O) groups is 3. The van der Waals surface area contributed by atoms with E-state index in [-0.39, 0.29) is 25.5 Å². The lowest BCUT2D eigenvalue weighted by atomic mass is 9.90. The summed E-state index contributed by atoms with van der Waals surface area (Å²) in [5.41, 5.74) is 4.66. The van der Waals surface area contributed by atoms with Gasteiger partial charge in [-0.1, -0.05) is 72.8 Å². The van der Waals surface area contributed by atoms with E-state index in [1.54, 1.807) is 6.92 Å². The standard InChI is InChI=1S/C36H40N4O5/c1-3-44-33(42)22-37-36(43)34-35(45-24-28-7-5-4-6-8-28)25(2)38-32(39-34)21-26-17-19-40(20-18-26)31-15-13-30(14-16-31)29-11-9-27(23-41)10-12-29/h4-15,23,26,31H,3,16-22,24H2,1-2H3,(H,37,43). The number of piperidine rings is 1. The summed E-state index contributed by atoms with van der Waals surface area (Å²) in [5.74, 6) is 0.300. The summed E-state index contributed by atoms with van der Waals surface area (Å²) < 4.78 is 11.0. The van der Waals surface area contributed by atoms with Crippen molar-refractivity contribution in [1.29, 1.82) is 0 Å². The molecule has 1 N–H and O–H groups in total. The fourth-order valence-electron chi connectivity index (χ4n) is 5.81. The number of hydrogen-bond donors (Lipinski definition) is 1. The summed E-state index contributed by atoms with van der Waals surface area (Å²) in [6.07, 6.45) is 11.2. The molecule has 1 atom stereocenters. The van der Waals surface area contributed by atoms with Crippen LogP contribution in [0.3, 0.4) is 0 Å². The van der Waals surface area contributed by atoms with Gasteiger partial charge in [0.2, 0.25) is 0 Å². The first kappa shape index (κ1) is 31.8. The molecule has 45 heavy (non-hydrogen) atoms. The zero-order valence-electron chi connectivity index (χ0n) is 25.9. The maximum absolute atomic E-state index is 13.2. The molecule has 1 amide bonds. The Morgan fingerprint density at radius 2 is 1.80 bits per heavy atom. The average Bonchev–Trinajstić information content (AvgIpc) is 3.07. The molecule has 234 valence electrons. The Hall–Kier alpha value is -4.63. The zero-order chi connectivity index (χ0) is 31.6. The second-order valence-electron chi connectivity index (χ2n) is 11.4. The first-order chi connectivity index (χ1) is 21.9. The Kier molecular flexibility index (Phi) is 10.9. The molecule has 9 nitrogen and oxygen atoms in total. The highest BCUT2D eigenvalue weighted by atomic mass is 16.5. The minimum absolute atomic E-state index is 0.130. The number of esters is 1. The Morgan fingerprint density at radius 3 is 2.47 bits per heavy atom. The van der Waals surface area contributed by atoms with Crippen LogP contribution in [0, 0.1) is 12.8 Å². The molecule has 1 fully saturated rings. The molecule has 2 heterocycles. The molecule has 1 aliphatic carbocycles. The van der Waals surface area contributed by atoms with Crippen molar-refractivity contribution in [3.8, 4) is 5.75 Å². The third-order valence-electron chi connectivity index (χ3n) is 8.27. The van der Waals surface area contributed by atoms with E-state index in [0.29, 0.717) is 41.2 Å². The maximum atomic E-state index is 13.2. The first-order valence-corrected chi connectivity index (χ1v) is 15.6. The van der Waals surface area contributed by atoms with Crippen molar-refractivity contribution in [3.63, 3.8) is 0 Å². The fourth-order valence-corrected chi connectivity index (χ4v) is 5.81. The number of aldehydes is 1. The number of aryl methyl sites for hydroxylation is 1. The smallest absolute Gasteiger partial charge is 0.325 e. The van der Waals surface area contributed by atoms with Gasteiger partial charge in [0.25, 0.3) is 5.91 Å². The number of allylic oxidation sites excluding steroid dienone is 2. The van der Waals surface area contributed by atoms with E-state index in [1.165, 1.54) is 5.57 Å². The highest BCUT2D eigenvalue weighted by Crippen LogP contribution is 2.29. The number of benzene rings is 2. The van der Waals surface area contributed by atoms with Crippen LogP contribution in [0.15, 0.2) is 72.8 Å². The molecule has 9 heteroatoms. The number of nitrogens with one attached hydrogen (secondary N) is 1. The van der Waals surface area contributed by atoms with Crippen LogP contribution in [0.1, 0.15) is 69.7 Å². The van der Waals surface area contributed by atoms with Gasteiger partial charge in [-0.2, -0.15) is 0 Å². The van der Waals surface area contributed by atoms with Gasteiger partial charge in [0.15, 0.2) is 11.4 Å². The van der Waals surface area contributed by atoms with Crippen LogP contribution in [0.25, 0.3) is 5.57 Å². The number of aromatic nitrogens is 2. The topological polar surface area (TPSA) is 111 Å².